The van der Waals surface area contributed by atoms with Gasteiger partial charge in [0.1, 0.15) is 5.60 Å². The fourth-order valence-electron chi connectivity index (χ4n) is 2.35. The number of nitrogens with zero attached hydrogens (tertiary/aromatic N) is 1. The summed E-state index contributed by atoms with van der Waals surface area (Å²) in [4.78, 5) is 25.8. The molecule has 1 aromatic carbocycles. The number of carbonyl (C=O) groups excluding carboxylic acids is 2. The largest absolute Gasteiger partial charge is 0.444 e. The Balaban J connectivity index is 1.88. The zero-order valence-corrected chi connectivity index (χ0v) is 13.3. The van der Waals surface area contributed by atoms with Gasteiger partial charge in [-0.15, -0.1) is 0 Å². The standard InChI is InChI=1S/C16H23N3O3/c1-16(2,3)22-15(21)18-13-8-9-19(10-13)14(20)11-4-6-12(17)7-5-11/h4-7,13H,8-10,17H2,1-3H3,(H,18,21)/t13-/m0/s1. The molecule has 6 nitrogen and oxygen atoms in total. The number of nitrogens with two attached hydrogens (primary N) is 1. The van der Waals surface area contributed by atoms with E-state index in [9.17, 15) is 9.59 Å². The minimum Gasteiger partial charge on any atom is -0.444 e. The summed E-state index contributed by atoms with van der Waals surface area (Å²) in [6.45, 7) is 6.56. The van der Waals surface area contributed by atoms with E-state index in [1.165, 1.54) is 0 Å². The van der Waals surface area contributed by atoms with E-state index in [-0.39, 0.29) is 11.9 Å². The zero-order chi connectivity index (χ0) is 16.3. The number of nitrogens with one attached hydrogen (secondary N) is 1. The van der Waals surface area contributed by atoms with Crippen molar-refractivity contribution in [3.63, 3.8) is 0 Å². The maximum Gasteiger partial charge on any atom is 0.407 e. The predicted molar refractivity (Wildman–Crippen MR) is 84.5 cm³/mol. The lowest BCUT2D eigenvalue weighted by atomic mass is 10.2. The Kier molecular flexibility index (Phi) is 4.59. The molecule has 1 aliphatic heterocycles. The number of hydrogen-bond donors (Lipinski definition) is 2. The van der Waals surface area contributed by atoms with Crippen LogP contribution in [0.1, 0.15) is 37.6 Å². The van der Waals surface area contributed by atoms with Crippen LogP contribution in [0.4, 0.5) is 10.5 Å². The van der Waals surface area contributed by atoms with Crippen molar-refractivity contribution in [1.29, 1.82) is 0 Å². The molecule has 2 rings (SSSR count). The highest BCUT2D eigenvalue weighted by Gasteiger charge is 2.29. The van der Waals surface area contributed by atoms with Crippen LogP contribution in [0.25, 0.3) is 0 Å². The van der Waals surface area contributed by atoms with Gasteiger partial charge in [0.15, 0.2) is 0 Å². The Morgan fingerprint density at radius 2 is 1.91 bits per heavy atom. The lowest BCUT2D eigenvalue weighted by Gasteiger charge is -2.22. The monoisotopic (exact) mass is 305 g/mol. The van der Waals surface area contributed by atoms with Crippen LogP contribution in [0.5, 0.6) is 0 Å². The second-order valence-corrected chi connectivity index (χ2v) is 6.51. The van der Waals surface area contributed by atoms with Crippen molar-refractivity contribution < 1.29 is 14.3 Å². The molecule has 120 valence electrons. The maximum absolute atomic E-state index is 12.4. The smallest absolute Gasteiger partial charge is 0.407 e. The summed E-state index contributed by atoms with van der Waals surface area (Å²) in [6, 6.07) is 6.77. The molecule has 0 aromatic heterocycles. The highest BCUT2D eigenvalue weighted by Crippen LogP contribution is 2.15. The lowest BCUT2D eigenvalue weighted by molar-refractivity contribution is 0.0502. The molecular weight excluding hydrogens is 282 g/mol. The van der Waals surface area contributed by atoms with E-state index in [1.54, 1.807) is 29.2 Å². The van der Waals surface area contributed by atoms with E-state index < -0.39 is 11.7 Å². The molecule has 1 aliphatic rings. The Morgan fingerprint density at radius 1 is 1.27 bits per heavy atom. The number of hydrogen-bond acceptors (Lipinski definition) is 4. The van der Waals surface area contributed by atoms with Crippen molar-refractivity contribution in [3.05, 3.63) is 29.8 Å². The number of carbonyl (C=O) groups is 2. The number of amides is 2. The van der Waals surface area contributed by atoms with Gasteiger partial charge >= 0.3 is 6.09 Å². The van der Waals surface area contributed by atoms with Crippen molar-refractivity contribution in [2.45, 2.75) is 38.8 Å². The fourth-order valence-corrected chi connectivity index (χ4v) is 2.35. The maximum atomic E-state index is 12.4. The molecule has 0 saturated carbocycles. The second-order valence-electron chi connectivity index (χ2n) is 6.51. The van der Waals surface area contributed by atoms with Crippen molar-refractivity contribution in [2.75, 3.05) is 18.8 Å². The molecule has 6 heteroatoms. The van der Waals surface area contributed by atoms with Gasteiger partial charge in [0.25, 0.3) is 5.91 Å². The van der Waals surface area contributed by atoms with Crippen molar-refractivity contribution in [2.24, 2.45) is 0 Å². The first kappa shape index (κ1) is 16.1. The molecule has 1 aromatic rings. The first-order chi connectivity index (χ1) is 10.2. The van der Waals surface area contributed by atoms with Gasteiger partial charge in [0.2, 0.25) is 0 Å². The number of benzene rings is 1. The Morgan fingerprint density at radius 3 is 2.50 bits per heavy atom. The summed E-state index contributed by atoms with van der Waals surface area (Å²) < 4.78 is 5.23. The van der Waals surface area contributed by atoms with Crippen molar-refractivity contribution in [1.82, 2.24) is 10.2 Å². The normalized spacial score (nSPS) is 18.1. The van der Waals surface area contributed by atoms with E-state index in [2.05, 4.69) is 5.32 Å². The average Bonchev–Trinajstić information content (AvgIpc) is 2.85. The van der Waals surface area contributed by atoms with Gasteiger partial charge in [-0.05, 0) is 51.5 Å². The minimum absolute atomic E-state index is 0.0477. The summed E-state index contributed by atoms with van der Waals surface area (Å²) in [5.41, 5.74) is 6.33. The van der Waals surface area contributed by atoms with E-state index >= 15 is 0 Å². The van der Waals surface area contributed by atoms with Gasteiger partial charge in [-0.25, -0.2) is 4.79 Å². The van der Waals surface area contributed by atoms with Crippen LogP contribution in [0.3, 0.4) is 0 Å². The van der Waals surface area contributed by atoms with Gasteiger partial charge in [0, 0.05) is 24.3 Å². The molecule has 2 amide bonds. The molecule has 1 fully saturated rings. The SMILES string of the molecule is CC(C)(C)OC(=O)N[C@H]1CCN(C(=O)c2ccc(N)cc2)C1. The fraction of sp³-hybridized carbons (Fsp3) is 0.500. The van der Waals surface area contributed by atoms with Gasteiger partial charge in [-0.1, -0.05) is 0 Å². The van der Waals surface area contributed by atoms with Crippen LogP contribution < -0.4 is 11.1 Å². The predicted octanol–water partition coefficient (Wildman–Crippen LogP) is 2.01. The second kappa shape index (κ2) is 6.25. The first-order valence-corrected chi connectivity index (χ1v) is 7.39. The van der Waals surface area contributed by atoms with E-state index in [1.807, 2.05) is 20.8 Å². The van der Waals surface area contributed by atoms with Crippen LogP contribution >= 0.6 is 0 Å². The summed E-state index contributed by atoms with van der Waals surface area (Å²) in [5.74, 6) is -0.0477. The summed E-state index contributed by atoms with van der Waals surface area (Å²) in [5, 5.41) is 2.81. The molecule has 0 aliphatic carbocycles. The first-order valence-electron chi connectivity index (χ1n) is 7.39. The van der Waals surface area contributed by atoms with Crippen molar-refractivity contribution in [3.8, 4) is 0 Å². The number of rotatable bonds is 2. The summed E-state index contributed by atoms with van der Waals surface area (Å²) in [6.07, 6.45) is 0.277. The highest BCUT2D eigenvalue weighted by atomic mass is 16.6. The van der Waals surface area contributed by atoms with Gasteiger partial charge in [-0.3, -0.25) is 4.79 Å². The molecule has 1 atom stereocenters. The Bertz CT molecular complexity index is 549. The van der Waals surface area contributed by atoms with Crippen LogP contribution in [0.15, 0.2) is 24.3 Å². The van der Waals surface area contributed by atoms with Crippen LogP contribution in [-0.4, -0.2) is 41.6 Å². The third-order valence-electron chi connectivity index (χ3n) is 3.35. The van der Waals surface area contributed by atoms with Gasteiger partial charge < -0.3 is 20.7 Å². The highest BCUT2D eigenvalue weighted by molar-refractivity contribution is 5.94. The minimum atomic E-state index is -0.526. The van der Waals surface area contributed by atoms with E-state index in [0.29, 0.717) is 24.3 Å². The summed E-state index contributed by atoms with van der Waals surface area (Å²) >= 11 is 0. The molecule has 0 spiro atoms. The van der Waals surface area contributed by atoms with E-state index in [4.69, 9.17) is 10.5 Å². The molecule has 1 saturated heterocycles. The average molecular weight is 305 g/mol. The number of likely N-dealkylation sites (tertiary alicyclic amines) is 1. The molecule has 1 heterocycles. The zero-order valence-electron chi connectivity index (χ0n) is 13.3. The number of nitrogen functional groups attached to an aromatic ring is 1. The molecule has 3 N–H and O–H groups in total. The number of alkyl carbamates (subject to hydrolysis) is 1. The third kappa shape index (κ3) is 4.38. The van der Waals surface area contributed by atoms with Crippen LogP contribution in [0.2, 0.25) is 0 Å². The van der Waals surface area contributed by atoms with Crippen LogP contribution in [-0.2, 0) is 4.74 Å². The number of ether oxygens (including phenoxy) is 1. The molecular formula is C16H23N3O3. The third-order valence-corrected chi connectivity index (χ3v) is 3.35. The quantitative estimate of drug-likeness (QED) is 0.819. The van der Waals surface area contributed by atoms with Gasteiger partial charge in [0.05, 0.1) is 6.04 Å². The van der Waals surface area contributed by atoms with Gasteiger partial charge in [-0.2, -0.15) is 0 Å². The topological polar surface area (TPSA) is 84.7 Å². The van der Waals surface area contributed by atoms with E-state index in [0.717, 1.165) is 6.42 Å². The Hall–Kier alpha value is -2.24. The molecule has 0 unspecified atom stereocenters. The molecule has 0 radical (unpaired) electrons. The summed E-state index contributed by atoms with van der Waals surface area (Å²) in [7, 11) is 0. The lowest BCUT2D eigenvalue weighted by Crippen LogP contribution is -2.41. The molecule has 0 bridgehead atoms. The molecule has 22 heavy (non-hydrogen) atoms. The van der Waals surface area contributed by atoms with Crippen LogP contribution in [0, 0.1) is 0 Å². The Labute approximate surface area is 130 Å². The number of anilines is 1. The van der Waals surface area contributed by atoms with Crippen molar-refractivity contribution >= 4 is 17.7 Å².